The normalized spacial score (nSPS) is 21.9. The van der Waals surface area contributed by atoms with Crippen LogP contribution in [0.4, 0.5) is 0 Å². The first-order valence-corrected chi connectivity index (χ1v) is 7.96. The number of hydrogen-bond donors (Lipinski definition) is 1. The van der Waals surface area contributed by atoms with Gasteiger partial charge in [-0.25, -0.2) is 0 Å². The number of rotatable bonds is 1. The first-order chi connectivity index (χ1) is 9.74. The second-order valence-electron chi connectivity index (χ2n) is 5.76. The molecule has 1 heterocycles. The molecule has 0 radical (unpaired) electrons. The first kappa shape index (κ1) is 12.1. The number of aryl methyl sites for hydroxylation is 1. The third-order valence-electron chi connectivity index (χ3n) is 4.47. The SMILES string of the molecule is NC1(c2ccc3ccccc3c2)CCc2sccc2C1. The summed E-state index contributed by atoms with van der Waals surface area (Å²) < 4.78 is 0. The Morgan fingerprint density at radius 3 is 2.75 bits per heavy atom. The number of hydrogen-bond acceptors (Lipinski definition) is 2. The molecule has 100 valence electrons. The van der Waals surface area contributed by atoms with Crippen LogP contribution >= 0.6 is 11.3 Å². The molecule has 0 aliphatic heterocycles. The van der Waals surface area contributed by atoms with Gasteiger partial charge in [-0.2, -0.15) is 0 Å². The van der Waals surface area contributed by atoms with E-state index in [0.29, 0.717) is 0 Å². The molecule has 0 saturated carbocycles. The summed E-state index contributed by atoms with van der Waals surface area (Å²) in [6, 6.07) is 17.4. The van der Waals surface area contributed by atoms with Crippen molar-refractivity contribution in [1.82, 2.24) is 0 Å². The van der Waals surface area contributed by atoms with Crippen molar-refractivity contribution in [3.8, 4) is 0 Å². The summed E-state index contributed by atoms with van der Waals surface area (Å²) in [4.78, 5) is 1.52. The topological polar surface area (TPSA) is 26.0 Å². The van der Waals surface area contributed by atoms with Crippen LogP contribution in [0.3, 0.4) is 0 Å². The van der Waals surface area contributed by atoms with E-state index in [1.165, 1.54) is 26.8 Å². The summed E-state index contributed by atoms with van der Waals surface area (Å²) in [6.07, 6.45) is 3.11. The van der Waals surface area contributed by atoms with E-state index in [1.54, 1.807) is 0 Å². The van der Waals surface area contributed by atoms with Crippen molar-refractivity contribution in [2.24, 2.45) is 5.73 Å². The highest BCUT2D eigenvalue weighted by Crippen LogP contribution is 2.37. The van der Waals surface area contributed by atoms with Gasteiger partial charge in [0.25, 0.3) is 0 Å². The van der Waals surface area contributed by atoms with E-state index in [1.807, 2.05) is 11.3 Å². The van der Waals surface area contributed by atoms with Crippen molar-refractivity contribution in [3.63, 3.8) is 0 Å². The van der Waals surface area contributed by atoms with Gasteiger partial charge in [0.05, 0.1) is 0 Å². The first-order valence-electron chi connectivity index (χ1n) is 7.08. The molecule has 0 fully saturated rings. The van der Waals surface area contributed by atoms with Crippen molar-refractivity contribution in [1.29, 1.82) is 0 Å². The minimum absolute atomic E-state index is 0.210. The lowest BCUT2D eigenvalue weighted by atomic mass is 9.77. The van der Waals surface area contributed by atoms with Gasteiger partial charge in [-0.05, 0) is 58.7 Å². The average Bonchev–Trinajstić information content (AvgIpc) is 2.94. The lowest BCUT2D eigenvalue weighted by Gasteiger charge is -2.34. The minimum atomic E-state index is -0.210. The van der Waals surface area contributed by atoms with E-state index in [4.69, 9.17) is 5.73 Å². The molecule has 0 spiro atoms. The van der Waals surface area contributed by atoms with Crippen LogP contribution in [-0.4, -0.2) is 0 Å². The van der Waals surface area contributed by atoms with Crippen LogP contribution in [0.1, 0.15) is 22.4 Å². The van der Waals surface area contributed by atoms with Crippen molar-refractivity contribution in [2.45, 2.75) is 24.8 Å². The maximum atomic E-state index is 6.75. The van der Waals surface area contributed by atoms with Gasteiger partial charge in [0.15, 0.2) is 0 Å². The van der Waals surface area contributed by atoms with E-state index in [9.17, 15) is 0 Å². The largest absolute Gasteiger partial charge is 0.321 e. The third-order valence-corrected chi connectivity index (χ3v) is 5.49. The molecule has 0 bridgehead atoms. The molecule has 1 aliphatic rings. The van der Waals surface area contributed by atoms with Gasteiger partial charge in [-0.15, -0.1) is 11.3 Å². The fraction of sp³-hybridized carbons (Fsp3) is 0.222. The van der Waals surface area contributed by atoms with E-state index in [0.717, 1.165) is 19.3 Å². The quantitative estimate of drug-likeness (QED) is 0.708. The zero-order valence-corrected chi connectivity index (χ0v) is 12.1. The van der Waals surface area contributed by atoms with E-state index < -0.39 is 0 Å². The Morgan fingerprint density at radius 2 is 1.85 bits per heavy atom. The van der Waals surface area contributed by atoms with Gasteiger partial charge in [-0.3, -0.25) is 0 Å². The van der Waals surface area contributed by atoms with Crippen LogP contribution in [0, 0.1) is 0 Å². The number of nitrogens with two attached hydrogens (primary N) is 1. The summed E-state index contributed by atoms with van der Waals surface area (Å²) in [5.74, 6) is 0. The molecule has 0 amide bonds. The van der Waals surface area contributed by atoms with Crippen molar-refractivity contribution in [2.75, 3.05) is 0 Å². The fourth-order valence-electron chi connectivity index (χ4n) is 3.25. The van der Waals surface area contributed by atoms with Gasteiger partial charge in [-0.1, -0.05) is 36.4 Å². The zero-order chi connectivity index (χ0) is 13.6. The molecule has 20 heavy (non-hydrogen) atoms. The molecular weight excluding hydrogens is 262 g/mol. The Hall–Kier alpha value is -1.64. The molecule has 0 saturated heterocycles. The second-order valence-corrected chi connectivity index (χ2v) is 6.76. The van der Waals surface area contributed by atoms with E-state index >= 15 is 0 Å². The molecule has 3 aromatic rings. The minimum Gasteiger partial charge on any atom is -0.321 e. The monoisotopic (exact) mass is 279 g/mol. The molecule has 1 unspecified atom stereocenters. The Kier molecular flexibility index (Phi) is 2.69. The standard InChI is InChI=1S/C18H17NS/c19-18(9-7-17-15(12-18)8-10-20-17)16-6-5-13-3-1-2-4-14(13)11-16/h1-6,8,10-11H,7,9,12,19H2. The van der Waals surface area contributed by atoms with Crippen molar-refractivity contribution in [3.05, 3.63) is 69.9 Å². The van der Waals surface area contributed by atoms with Crippen LogP contribution in [0.2, 0.25) is 0 Å². The van der Waals surface area contributed by atoms with Gasteiger partial charge in [0.1, 0.15) is 0 Å². The Balaban J connectivity index is 1.78. The highest BCUT2D eigenvalue weighted by Gasteiger charge is 2.32. The van der Waals surface area contributed by atoms with Gasteiger partial charge < -0.3 is 5.73 Å². The summed E-state index contributed by atoms with van der Waals surface area (Å²) in [5, 5.41) is 4.76. The van der Waals surface area contributed by atoms with Crippen molar-refractivity contribution < 1.29 is 0 Å². The van der Waals surface area contributed by atoms with Crippen LogP contribution in [0.15, 0.2) is 53.9 Å². The molecule has 1 atom stereocenters. The smallest absolute Gasteiger partial charge is 0.0454 e. The van der Waals surface area contributed by atoms with Crippen LogP contribution in [0.25, 0.3) is 10.8 Å². The second kappa shape index (κ2) is 4.44. The molecule has 2 N–H and O–H groups in total. The number of thiophene rings is 1. The maximum Gasteiger partial charge on any atom is 0.0454 e. The highest BCUT2D eigenvalue weighted by atomic mass is 32.1. The van der Waals surface area contributed by atoms with Crippen LogP contribution in [0.5, 0.6) is 0 Å². The van der Waals surface area contributed by atoms with Crippen LogP contribution in [-0.2, 0) is 18.4 Å². The lowest BCUT2D eigenvalue weighted by Crippen LogP contribution is -2.41. The molecule has 1 nitrogen and oxygen atoms in total. The summed E-state index contributed by atoms with van der Waals surface area (Å²) in [7, 11) is 0. The maximum absolute atomic E-state index is 6.75. The molecule has 2 aromatic carbocycles. The average molecular weight is 279 g/mol. The Bertz CT molecular complexity index is 774. The molecule has 1 aliphatic carbocycles. The predicted molar refractivity (Wildman–Crippen MR) is 86.2 cm³/mol. The Labute approximate surface area is 123 Å². The zero-order valence-electron chi connectivity index (χ0n) is 11.3. The number of benzene rings is 2. The van der Waals surface area contributed by atoms with Crippen molar-refractivity contribution >= 4 is 22.1 Å². The highest BCUT2D eigenvalue weighted by molar-refractivity contribution is 7.10. The molecule has 4 rings (SSSR count). The summed E-state index contributed by atoms with van der Waals surface area (Å²) in [6.45, 7) is 0. The summed E-state index contributed by atoms with van der Waals surface area (Å²) >= 11 is 1.87. The van der Waals surface area contributed by atoms with Gasteiger partial charge >= 0.3 is 0 Å². The van der Waals surface area contributed by atoms with E-state index in [-0.39, 0.29) is 5.54 Å². The van der Waals surface area contributed by atoms with Gasteiger partial charge in [0.2, 0.25) is 0 Å². The molecule has 1 aromatic heterocycles. The van der Waals surface area contributed by atoms with E-state index in [2.05, 4.69) is 53.9 Å². The predicted octanol–water partition coefficient (Wildman–Crippen LogP) is 4.24. The molecule has 2 heteroatoms. The lowest BCUT2D eigenvalue weighted by molar-refractivity contribution is 0.389. The van der Waals surface area contributed by atoms with Gasteiger partial charge in [0, 0.05) is 10.4 Å². The Morgan fingerprint density at radius 1 is 1.00 bits per heavy atom. The molecular formula is C18H17NS. The fourth-order valence-corrected chi connectivity index (χ4v) is 4.16. The number of fused-ring (bicyclic) bond motifs is 2. The van der Waals surface area contributed by atoms with Crippen LogP contribution < -0.4 is 5.73 Å². The summed E-state index contributed by atoms with van der Waals surface area (Å²) in [5.41, 5.74) is 9.25. The third kappa shape index (κ3) is 1.88.